The highest BCUT2D eigenvalue weighted by Crippen LogP contribution is 2.39. The third-order valence-electron chi connectivity index (χ3n) is 5.63. The summed E-state index contributed by atoms with van der Waals surface area (Å²) < 4.78 is 13.2. The van der Waals surface area contributed by atoms with Crippen molar-refractivity contribution in [2.24, 2.45) is 0 Å². The van der Waals surface area contributed by atoms with Crippen LogP contribution < -0.4 is 5.32 Å². The van der Waals surface area contributed by atoms with E-state index in [1.54, 1.807) is 45.3 Å². The van der Waals surface area contributed by atoms with Gasteiger partial charge in [-0.1, -0.05) is 12.1 Å². The number of hydrogen-bond donors (Lipinski definition) is 3. The average molecular weight is 437 g/mol. The second kappa shape index (κ2) is 7.87. The molecule has 1 aliphatic heterocycles. The number of benzene rings is 2. The molecular weight excluding hydrogens is 413 g/mol. The van der Waals surface area contributed by atoms with E-state index in [0.29, 0.717) is 17.4 Å². The molecule has 0 radical (unpaired) electrons. The van der Waals surface area contributed by atoms with Gasteiger partial charge in [-0.25, -0.2) is 4.39 Å². The number of carbonyl (C=O) groups is 2. The lowest BCUT2D eigenvalue weighted by Crippen LogP contribution is -2.46. The van der Waals surface area contributed by atoms with Crippen molar-refractivity contribution in [1.29, 1.82) is 0 Å². The summed E-state index contributed by atoms with van der Waals surface area (Å²) in [5, 5.41) is 23.6. The van der Waals surface area contributed by atoms with Crippen LogP contribution in [0.25, 0.3) is 10.9 Å². The summed E-state index contributed by atoms with van der Waals surface area (Å²) in [6.45, 7) is 3.26. The summed E-state index contributed by atoms with van der Waals surface area (Å²) in [7, 11) is 1.60. The lowest BCUT2D eigenvalue weighted by Gasteiger charge is -2.25. The topological polar surface area (TPSA) is 103 Å². The molecule has 0 unspecified atom stereocenters. The largest absolute Gasteiger partial charge is 0.505 e. The number of aromatic hydroxyl groups is 1. The van der Waals surface area contributed by atoms with Gasteiger partial charge in [-0.3, -0.25) is 14.6 Å². The first-order valence-electron chi connectivity index (χ1n) is 10.2. The van der Waals surface area contributed by atoms with Gasteiger partial charge in [0.15, 0.2) is 5.75 Å². The number of pyridine rings is 1. The van der Waals surface area contributed by atoms with E-state index in [4.69, 9.17) is 0 Å². The van der Waals surface area contributed by atoms with Crippen molar-refractivity contribution in [2.75, 3.05) is 13.7 Å². The molecule has 32 heavy (non-hydrogen) atoms. The third kappa shape index (κ3) is 3.78. The van der Waals surface area contributed by atoms with Gasteiger partial charge in [-0.2, -0.15) is 0 Å². The van der Waals surface area contributed by atoms with E-state index in [9.17, 15) is 24.2 Å². The zero-order valence-corrected chi connectivity index (χ0v) is 18.1. The van der Waals surface area contributed by atoms with Gasteiger partial charge in [-0.05, 0) is 49.6 Å². The molecular formula is C24H24FN3O4. The van der Waals surface area contributed by atoms with Crippen LogP contribution in [-0.4, -0.2) is 51.1 Å². The monoisotopic (exact) mass is 437 g/mol. The number of phenolic OH excluding ortho intramolecular Hbond substituents is 1. The molecule has 0 atom stereocenters. The summed E-state index contributed by atoms with van der Waals surface area (Å²) >= 11 is 0. The lowest BCUT2D eigenvalue weighted by molar-refractivity contribution is 0.0811. The molecule has 2 aromatic carbocycles. The number of carbonyl (C=O) groups excluding carboxylic acids is 2. The molecule has 166 valence electrons. The maximum atomic E-state index is 13.3. The Morgan fingerprint density at radius 3 is 2.59 bits per heavy atom. The molecule has 8 heteroatoms. The quantitative estimate of drug-likeness (QED) is 0.570. The van der Waals surface area contributed by atoms with E-state index in [2.05, 4.69) is 10.3 Å². The van der Waals surface area contributed by atoms with Gasteiger partial charge in [-0.15, -0.1) is 0 Å². The van der Waals surface area contributed by atoms with Gasteiger partial charge in [0.25, 0.3) is 11.8 Å². The number of aliphatic hydroxyl groups is 1. The normalized spacial score (nSPS) is 13.5. The van der Waals surface area contributed by atoms with Crippen molar-refractivity contribution < 1.29 is 24.2 Å². The summed E-state index contributed by atoms with van der Waals surface area (Å²) in [5.74, 6) is -1.43. The lowest BCUT2D eigenvalue weighted by atomic mass is 9.93. The summed E-state index contributed by atoms with van der Waals surface area (Å²) in [5.41, 5.74) is 1.64. The highest BCUT2D eigenvalue weighted by Gasteiger charge is 2.36. The molecule has 1 aromatic heterocycles. The first-order chi connectivity index (χ1) is 15.1. The van der Waals surface area contributed by atoms with E-state index in [0.717, 1.165) is 11.1 Å². The van der Waals surface area contributed by atoms with Crippen LogP contribution in [0.4, 0.5) is 4.39 Å². The van der Waals surface area contributed by atoms with Crippen molar-refractivity contribution in [2.45, 2.75) is 32.4 Å². The molecule has 3 N–H and O–H groups in total. The summed E-state index contributed by atoms with van der Waals surface area (Å²) in [6.07, 6.45) is 2.02. The van der Waals surface area contributed by atoms with Crippen LogP contribution in [0.3, 0.4) is 0 Å². The molecule has 0 spiro atoms. The molecule has 2 amide bonds. The van der Waals surface area contributed by atoms with Crippen LogP contribution in [0.15, 0.2) is 36.5 Å². The second-order valence-corrected chi connectivity index (χ2v) is 8.78. The highest BCUT2D eigenvalue weighted by molar-refractivity contribution is 6.16. The van der Waals surface area contributed by atoms with E-state index in [1.165, 1.54) is 17.0 Å². The Kier molecular flexibility index (Phi) is 5.34. The van der Waals surface area contributed by atoms with Gasteiger partial charge < -0.3 is 20.4 Å². The molecule has 1 aliphatic rings. The zero-order chi connectivity index (χ0) is 23.2. The molecule has 7 nitrogen and oxygen atoms in total. The Balaban J connectivity index is 1.90. The molecule has 0 aliphatic carbocycles. The van der Waals surface area contributed by atoms with Crippen LogP contribution in [0.5, 0.6) is 5.75 Å². The van der Waals surface area contributed by atoms with Gasteiger partial charge in [0.2, 0.25) is 0 Å². The average Bonchev–Trinajstić information content (AvgIpc) is 3.03. The number of amides is 2. The maximum absolute atomic E-state index is 13.3. The van der Waals surface area contributed by atoms with Crippen molar-refractivity contribution in [3.8, 4) is 5.75 Å². The van der Waals surface area contributed by atoms with Crippen molar-refractivity contribution in [3.05, 3.63) is 70.2 Å². The standard InChI is InChI=1S/C24H24FN3O4/c1-24(2,12-29)27-22(31)18-16-9-14(8-13-4-6-15(25)7-5-13)10-26-20(16)21(30)19-17(18)11-28(3)23(19)32/h4-7,9-10,29-30H,8,11-12H2,1-3H3,(H,27,31). The van der Waals surface area contributed by atoms with Gasteiger partial charge >= 0.3 is 0 Å². The zero-order valence-electron chi connectivity index (χ0n) is 18.1. The molecule has 3 aromatic rings. The van der Waals surface area contributed by atoms with E-state index in [1.807, 2.05) is 0 Å². The van der Waals surface area contributed by atoms with Crippen molar-refractivity contribution >= 4 is 22.7 Å². The Hall–Kier alpha value is -3.52. The maximum Gasteiger partial charge on any atom is 0.258 e. The number of aliphatic hydroxyl groups excluding tert-OH is 1. The molecule has 0 saturated heterocycles. The van der Waals surface area contributed by atoms with Crippen molar-refractivity contribution in [3.63, 3.8) is 0 Å². The van der Waals surface area contributed by atoms with Gasteiger partial charge in [0.05, 0.1) is 23.3 Å². The number of phenols is 1. The smallest absolute Gasteiger partial charge is 0.258 e. The number of rotatable bonds is 5. The summed E-state index contributed by atoms with van der Waals surface area (Å²) in [6, 6.07) is 7.85. The number of nitrogens with one attached hydrogen (secondary N) is 1. The Morgan fingerprint density at radius 2 is 1.94 bits per heavy atom. The fraction of sp³-hybridized carbons (Fsp3) is 0.292. The minimum absolute atomic E-state index is 0.0748. The number of aromatic nitrogens is 1. The van der Waals surface area contributed by atoms with Crippen LogP contribution in [0.1, 0.15) is 51.3 Å². The first-order valence-corrected chi connectivity index (χ1v) is 10.2. The molecule has 0 saturated carbocycles. The summed E-state index contributed by atoms with van der Waals surface area (Å²) in [4.78, 5) is 31.8. The third-order valence-corrected chi connectivity index (χ3v) is 5.63. The minimum atomic E-state index is -0.887. The van der Waals surface area contributed by atoms with Gasteiger partial charge in [0.1, 0.15) is 11.3 Å². The molecule has 0 fully saturated rings. The van der Waals surface area contributed by atoms with Gasteiger partial charge in [0, 0.05) is 30.7 Å². The van der Waals surface area contributed by atoms with Crippen LogP contribution in [0, 0.1) is 5.82 Å². The van der Waals surface area contributed by atoms with Crippen LogP contribution >= 0.6 is 0 Å². The Bertz CT molecular complexity index is 1240. The predicted octanol–water partition coefficient (Wildman–Crippen LogP) is 2.76. The number of halogens is 1. The van der Waals surface area contributed by atoms with Crippen molar-refractivity contribution in [1.82, 2.24) is 15.2 Å². The molecule has 4 rings (SSSR count). The van der Waals surface area contributed by atoms with E-state index < -0.39 is 11.4 Å². The Morgan fingerprint density at radius 1 is 1.25 bits per heavy atom. The highest BCUT2D eigenvalue weighted by atomic mass is 19.1. The predicted molar refractivity (Wildman–Crippen MR) is 117 cm³/mol. The molecule has 0 bridgehead atoms. The molecule has 2 heterocycles. The minimum Gasteiger partial charge on any atom is -0.505 e. The number of nitrogens with zero attached hydrogens (tertiary/aromatic N) is 2. The number of hydrogen-bond acceptors (Lipinski definition) is 5. The first kappa shape index (κ1) is 21.7. The van der Waals surface area contributed by atoms with Crippen LogP contribution in [-0.2, 0) is 13.0 Å². The SMILES string of the molecule is CN1Cc2c(c(O)c3ncc(Cc4ccc(F)cc4)cc3c2C(=O)NC(C)(C)CO)C1=O. The Labute approximate surface area is 184 Å². The second-order valence-electron chi connectivity index (χ2n) is 8.78. The van der Waals surface area contributed by atoms with Crippen LogP contribution in [0.2, 0.25) is 0 Å². The van der Waals surface area contributed by atoms with E-state index >= 15 is 0 Å². The fourth-order valence-corrected chi connectivity index (χ4v) is 3.93. The van der Waals surface area contributed by atoms with E-state index in [-0.39, 0.29) is 47.3 Å². The number of fused-ring (bicyclic) bond motifs is 2. The fourth-order valence-electron chi connectivity index (χ4n) is 3.93.